The molecule has 1 aromatic carbocycles. The van der Waals surface area contributed by atoms with Crippen molar-refractivity contribution in [3.05, 3.63) is 46.2 Å². The number of ether oxygens (including phenoxy) is 1. The minimum absolute atomic E-state index is 0.0293. The lowest BCUT2D eigenvalue weighted by atomic mass is 10.0. The molecule has 136 valence electrons. The number of benzene rings is 1. The highest BCUT2D eigenvalue weighted by Crippen LogP contribution is 2.33. The van der Waals surface area contributed by atoms with Gasteiger partial charge in [0.15, 0.2) is 11.5 Å². The molecule has 4 rings (SSSR count). The number of hydrogen-bond donors (Lipinski definition) is 0. The van der Waals surface area contributed by atoms with E-state index in [1.165, 1.54) is 0 Å². The van der Waals surface area contributed by atoms with Crippen LogP contribution in [0.15, 0.2) is 34.2 Å². The minimum Gasteiger partial charge on any atom is -0.441 e. The third kappa shape index (κ3) is 3.37. The Morgan fingerprint density at radius 3 is 3.15 bits per heavy atom. The topological polar surface area (TPSA) is 68.5 Å². The number of nitrogens with zero attached hydrogens (tertiary/aromatic N) is 3. The lowest BCUT2D eigenvalue weighted by Crippen LogP contribution is -2.38. The highest BCUT2D eigenvalue weighted by Gasteiger charge is 2.30. The van der Waals surface area contributed by atoms with E-state index in [0.29, 0.717) is 30.1 Å². The number of thiazole rings is 1. The zero-order valence-electron chi connectivity index (χ0n) is 14.7. The van der Waals surface area contributed by atoms with Crippen LogP contribution < -0.4 is 0 Å². The first-order valence-electron chi connectivity index (χ1n) is 8.85. The van der Waals surface area contributed by atoms with Crippen LogP contribution in [0, 0.1) is 0 Å². The van der Waals surface area contributed by atoms with E-state index in [4.69, 9.17) is 9.15 Å². The Balaban J connectivity index is 1.60. The van der Waals surface area contributed by atoms with E-state index in [0.717, 1.165) is 36.3 Å². The van der Waals surface area contributed by atoms with E-state index in [1.807, 2.05) is 22.4 Å². The lowest BCUT2D eigenvalue weighted by Gasteiger charge is -2.34. The predicted octanol–water partition coefficient (Wildman–Crippen LogP) is 3.84. The third-order valence-corrected chi connectivity index (χ3v) is 5.58. The van der Waals surface area contributed by atoms with E-state index < -0.39 is 0 Å². The van der Waals surface area contributed by atoms with Crippen LogP contribution in [-0.4, -0.2) is 41.0 Å². The van der Waals surface area contributed by atoms with E-state index >= 15 is 0 Å². The molecule has 3 aromatic rings. The Morgan fingerprint density at radius 1 is 1.42 bits per heavy atom. The molecule has 26 heavy (non-hydrogen) atoms. The number of hydrogen-bond acceptors (Lipinski definition) is 6. The van der Waals surface area contributed by atoms with Gasteiger partial charge in [0, 0.05) is 37.2 Å². The zero-order valence-corrected chi connectivity index (χ0v) is 15.5. The largest absolute Gasteiger partial charge is 0.441 e. The molecule has 0 N–H and O–H groups in total. The van der Waals surface area contributed by atoms with Crippen LogP contribution >= 0.6 is 11.3 Å². The van der Waals surface area contributed by atoms with E-state index in [-0.39, 0.29) is 11.9 Å². The molecule has 0 radical (unpaired) electrons. The standard InChI is InChI=1S/C19H21N3O3S/c1-24-10-7-17-21-14-6-5-13(12-16(14)25-17)19(23)22-9-3-2-4-15(22)18-20-8-11-26-18/h5-6,8,11-12,15H,2-4,7,9-10H2,1H3. The first-order valence-corrected chi connectivity index (χ1v) is 9.73. The van der Waals surface area contributed by atoms with Crippen LogP contribution in [0.3, 0.4) is 0 Å². The average Bonchev–Trinajstić information content (AvgIpc) is 3.34. The van der Waals surface area contributed by atoms with Gasteiger partial charge in [-0.1, -0.05) is 0 Å². The van der Waals surface area contributed by atoms with Gasteiger partial charge in [0.25, 0.3) is 5.91 Å². The van der Waals surface area contributed by atoms with Gasteiger partial charge in [-0.3, -0.25) is 4.79 Å². The highest BCUT2D eigenvalue weighted by atomic mass is 32.1. The molecule has 0 spiro atoms. The van der Waals surface area contributed by atoms with Gasteiger partial charge in [0.1, 0.15) is 10.5 Å². The molecule has 3 heterocycles. The van der Waals surface area contributed by atoms with Gasteiger partial charge in [-0.25, -0.2) is 9.97 Å². The number of oxazole rings is 1. The molecule has 1 amide bonds. The van der Waals surface area contributed by atoms with Gasteiger partial charge in [0.2, 0.25) is 0 Å². The minimum atomic E-state index is 0.0293. The Labute approximate surface area is 155 Å². The van der Waals surface area contributed by atoms with Gasteiger partial charge in [-0.2, -0.15) is 0 Å². The van der Waals surface area contributed by atoms with Crippen LogP contribution in [0.5, 0.6) is 0 Å². The SMILES string of the molecule is COCCc1nc2ccc(C(=O)N3CCCCC3c3nccs3)cc2o1. The summed E-state index contributed by atoms with van der Waals surface area (Å²) < 4.78 is 10.8. The molecule has 1 aliphatic rings. The Hall–Kier alpha value is -2.25. The van der Waals surface area contributed by atoms with Gasteiger partial charge >= 0.3 is 0 Å². The summed E-state index contributed by atoms with van der Waals surface area (Å²) in [6.45, 7) is 1.32. The summed E-state index contributed by atoms with van der Waals surface area (Å²) in [6, 6.07) is 5.55. The number of rotatable bonds is 5. The maximum absolute atomic E-state index is 13.1. The van der Waals surface area contributed by atoms with Gasteiger partial charge in [-0.05, 0) is 37.5 Å². The molecule has 1 atom stereocenters. The van der Waals surface area contributed by atoms with Crippen molar-refractivity contribution in [3.63, 3.8) is 0 Å². The fourth-order valence-electron chi connectivity index (χ4n) is 3.40. The van der Waals surface area contributed by atoms with Crippen LogP contribution in [0.2, 0.25) is 0 Å². The second-order valence-electron chi connectivity index (χ2n) is 6.41. The molecule has 0 aliphatic carbocycles. The zero-order chi connectivity index (χ0) is 17.9. The molecule has 1 saturated heterocycles. The van der Waals surface area contributed by atoms with E-state index in [1.54, 1.807) is 30.7 Å². The molecular weight excluding hydrogens is 350 g/mol. The number of amides is 1. The Kier molecular flexibility index (Phi) is 4.99. The Bertz CT molecular complexity index is 891. The average molecular weight is 371 g/mol. The molecule has 1 fully saturated rings. The summed E-state index contributed by atoms with van der Waals surface area (Å²) in [5.74, 6) is 0.659. The monoisotopic (exact) mass is 371 g/mol. The predicted molar refractivity (Wildman–Crippen MR) is 99.3 cm³/mol. The number of methoxy groups -OCH3 is 1. The molecule has 7 heteroatoms. The van der Waals surface area contributed by atoms with Gasteiger partial charge in [-0.15, -0.1) is 11.3 Å². The van der Waals surface area contributed by atoms with Crippen molar-refractivity contribution in [3.8, 4) is 0 Å². The quantitative estimate of drug-likeness (QED) is 0.682. The van der Waals surface area contributed by atoms with Crippen LogP contribution in [0.25, 0.3) is 11.1 Å². The summed E-state index contributed by atoms with van der Waals surface area (Å²) >= 11 is 1.61. The van der Waals surface area contributed by atoms with Crippen molar-refractivity contribution >= 4 is 28.3 Å². The number of likely N-dealkylation sites (tertiary alicyclic amines) is 1. The third-order valence-electron chi connectivity index (χ3n) is 4.70. The number of fused-ring (bicyclic) bond motifs is 1. The second-order valence-corrected chi connectivity index (χ2v) is 7.34. The molecule has 0 saturated carbocycles. The number of piperidine rings is 1. The van der Waals surface area contributed by atoms with Crippen molar-refractivity contribution in [1.82, 2.24) is 14.9 Å². The van der Waals surface area contributed by atoms with Crippen LogP contribution in [0.4, 0.5) is 0 Å². The van der Waals surface area contributed by atoms with Crippen molar-refractivity contribution in [2.45, 2.75) is 31.7 Å². The molecular formula is C19H21N3O3S. The lowest BCUT2D eigenvalue weighted by molar-refractivity contribution is 0.0611. The fourth-order valence-corrected chi connectivity index (χ4v) is 4.18. The fraction of sp³-hybridized carbons (Fsp3) is 0.421. The summed E-state index contributed by atoms with van der Waals surface area (Å²) in [6.07, 6.45) is 5.54. The van der Waals surface area contributed by atoms with Crippen molar-refractivity contribution in [2.75, 3.05) is 20.3 Å². The van der Waals surface area contributed by atoms with Gasteiger partial charge < -0.3 is 14.1 Å². The summed E-state index contributed by atoms with van der Waals surface area (Å²) in [5, 5.41) is 2.98. The normalized spacial score (nSPS) is 17.7. The first kappa shape index (κ1) is 17.2. The molecule has 2 aromatic heterocycles. The van der Waals surface area contributed by atoms with Crippen LogP contribution in [-0.2, 0) is 11.2 Å². The van der Waals surface area contributed by atoms with Crippen molar-refractivity contribution in [1.29, 1.82) is 0 Å². The van der Waals surface area contributed by atoms with Gasteiger partial charge in [0.05, 0.1) is 12.6 Å². The maximum atomic E-state index is 13.1. The highest BCUT2D eigenvalue weighted by molar-refractivity contribution is 7.09. The van der Waals surface area contributed by atoms with E-state index in [9.17, 15) is 4.79 Å². The van der Waals surface area contributed by atoms with Crippen molar-refractivity contribution in [2.24, 2.45) is 0 Å². The van der Waals surface area contributed by atoms with E-state index in [2.05, 4.69) is 9.97 Å². The molecule has 1 unspecified atom stereocenters. The molecule has 0 bridgehead atoms. The summed E-state index contributed by atoms with van der Waals surface area (Å²) in [7, 11) is 1.65. The smallest absolute Gasteiger partial charge is 0.254 e. The maximum Gasteiger partial charge on any atom is 0.254 e. The molecule has 1 aliphatic heterocycles. The number of carbonyl (C=O) groups excluding carboxylic acids is 1. The Morgan fingerprint density at radius 2 is 2.35 bits per heavy atom. The molecule has 6 nitrogen and oxygen atoms in total. The van der Waals surface area contributed by atoms with Crippen molar-refractivity contribution < 1.29 is 13.9 Å². The number of carbonyl (C=O) groups is 1. The summed E-state index contributed by atoms with van der Waals surface area (Å²) in [5.41, 5.74) is 2.04. The first-order chi connectivity index (χ1) is 12.8. The summed E-state index contributed by atoms with van der Waals surface area (Å²) in [4.78, 5) is 24.0. The second kappa shape index (κ2) is 7.55. The van der Waals surface area contributed by atoms with Crippen LogP contribution in [0.1, 0.15) is 46.6 Å². The number of aromatic nitrogens is 2.